The van der Waals surface area contributed by atoms with Gasteiger partial charge in [0.1, 0.15) is 12.1 Å². The minimum Gasteiger partial charge on any atom is -0.369 e. The first kappa shape index (κ1) is 7.53. The van der Waals surface area contributed by atoms with E-state index in [-0.39, 0.29) is 0 Å². The van der Waals surface area contributed by atoms with E-state index in [1.165, 1.54) is 12.8 Å². The molecule has 1 heterocycles. The van der Waals surface area contributed by atoms with Crippen LogP contribution in [-0.2, 0) is 0 Å². The Morgan fingerprint density at radius 3 is 3.00 bits per heavy atom. The number of anilines is 1. The fourth-order valence-electron chi connectivity index (χ4n) is 1.09. The van der Waals surface area contributed by atoms with Gasteiger partial charge in [-0.2, -0.15) is 0 Å². The summed E-state index contributed by atoms with van der Waals surface area (Å²) in [7, 11) is 0. The third-order valence-electron chi connectivity index (χ3n) is 2.38. The lowest BCUT2D eigenvalue weighted by Gasteiger charge is -2.09. The molecule has 1 fully saturated rings. The molecule has 1 aromatic heterocycles. The summed E-state index contributed by atoms with van der Waals surface area (Å²) >= 11 is 0. The molecule has 1 N–H and O–H groups in total. The average molecular weight is 163 g/mol. The van der Waals surface area contributed by atoms with Gasteiger partial charge in [0.15, 0.2) is 0 Å². The number of nitrogens with one attached hydrogen (secondary N) is 1. The quantitative estimate of drug-likeness (QED) is 0.736. The van der Waals surface area contributed by atoms with Crippen LogP contribution in [0.2, 0.25) is 0 Å². The van der Waals surface area contributed by atoms with Gasteiger partial charge in [0.05, 0.1) is 0 Å². The van der Waals surface area contributed by atoms with Gasteiger partial charge >= 0.3 is 0 Å². The highest BCUT2D eigenvalue weighted by Gasteiger charge is 2.36. The summed E-state index contributed by atoms with van der Waals surface area (Å²) < 4.78 is 0. The second-order valence-electron chi connectivity index (χ2n) is 3.76. The van der Waals surface area contributed by atoms with E-state index in [0.717, 1.165) is 12.4 Å². The minimum atomic E-state index is 0.533. The zero-order valence-electron chi connectivity index (χ0n) is 7.25. The third kappa shape index (κ3) is 1.72. The predicted octanol–water partition coefficient (Wildman–Crippen LogP) is 1.69. The second-order valence-corrected chi connectivity index (χ2v) is 3.76. The Morgan fingerprint density at radius 2 is 2.42 bits per heavy atom. The van der Waals surface area contributed by atoms with Crippen LogP contribution in [-0.4, -0.2) is 16.5 Å². The topological polar surface area (TPSA) is 37.8 Å². The average Bonchev–Trinajstić information content (AvgIpc) is 2.84. The predicted molar refractivity (Wildman–Crippen MR) is 47.9 cm³/mol. The molecule has 0 radical (unpaired) electrons. The molecule has 0 amide bonds. The molecule has 0 unspecified atom stereocenters. The maximum absolute atomic E-state index is 4.09. The van der Waals surface area contributed by atoms with Crippen LogP contribution < -0.4 is 5.32 Å². The molecule has 3 nitrogen and oxygen atoms in total. The molecular weight excluding hydrogens is 150 g/mol. The molecule has 1 aliphatic carbocycles. The number of nitrogens with zero attached hydrogens (tertiary/aromatic N) is 2. The molecule has 1 aliphatic rings. The van der Waals surface area contributed by atoms with Crippen molar-refractivity contribution in [3.8, 4) is 0 Å². The van der Waals surface area contributed by atoms with Crippen molar-refractivity contribution in [2.45, 2.75) is 19.8 Å². The lowest BCUT2D eigenvalue weighted by molar-refractivity contribution is 0.609. The number of hydrogen-bond donors (Lipinski definition) is 1. The van der Waals surface area contributed by atoms with Crippen LogP contribution in [0.4, 0.5) is 5.82 Å². The van der Waals surface area contributed by atoms with Gasteiger partial charge in [0.2, 0.25) is 0 Å². The van der Waals surface area contributed by atoms with Crippen LogP contribution in [0, 0.1) is 5.41 Å². The lowest BCUT2D eigenvalue weighted by Crippen LogP contribution is -2.12. The van der Waals surface area contributed by atoms with Crippen LogP contribution >= 0.6 is 0 Å². The van der Waals surface area contributed by atoms with Crippen molar-refractivity contribution in [1.29, 1.82) is 0 Å². The molecule has 1 aromatic rings. The molecular formula is C9H13N3. The van der Waals surface area contributed by atoms with Crippen molar-refractivity contribution in [3.05, 3.63) is 18.6 Å². The Labute approximate surface area is 72.2 Å². The first-order valence-electron chi connectivity index (χ1n) is 4.28. The zero-order chi connectivity index (χ0) is 8.44. The first-order chi connectivity index (χ1) is 5.79. The van der Waals surface area contributed by atoms with Gasteiger partial charge in [-0.05, 0) is 24.3 Å². The smallest absolute Gasteiger partial charge is 0.129 e. The standard InChI is InChI=1S/C9H13N3/c1-9(3-4-9)6-11-8-2-5-10-7-12-8/h2,5,7H,3-4,6H2,1H3,(H,10,11,12). The molecule has 64 valence electrons. The van der Waals surface area contributed by atoms with Crippen LogP contribution in [0.1, 0.15) is 19.8 Å². The van der Waals surface area contributed by atoms with Crippen LogP contribution in [0.5, 0.6) is 0 Å². The fraction of sp³-hybridized carbons (Fsp3) is 0.556. The Morgan fingerprint density at radius 1 is 1.58 bits per heavy atom. The molecule has 0 aromatic carbocycles. The summed E-state index contributed by atoms with van der Waals surface area (Å²) in [4.78, 5) is 7.94. The van der Waals surface area contributed by atoms with Gasteiger partial charge in [0, 0.05) is 12.7 Å². The van der Waals surface area contributed by atoms with Crippen LogP contribution in [0.25, 0.3) is 0 Å². The first-order valence-corrected chi connectivity index (χ1v) is 4.28. The Kier molecular flexibility index (Phi) is 1.71. The van der Waals surface area contributed by atoms with E-state index in [1.54, 1.807) is 12.5 Å². The molecule has 0 aliphatic heterocycles. The Hall–Kier alpha value is -1.12. The maximum atomic E-state index is 4.09. The molecule has 0 atom stereocenters. The lowest BCUT2D eigenvalue weighted by atomic mass is 10.1. The monoisotopic (exact) mass is 163 g/mol. The van der Waals surface area contributed by atoms with Crippen molar-refractivity contribution >= 4 is 5.82 Å². The van der Waals surface area contributed by atoms with Gasteiger partial charge in [0.25, 0.3) is 0 Å². The molecule has 0 saturated heterocycles. The normalized spacial score (nSPS) is 18.8. The second kappa shape index (κ2) is 2.73. The maximum Gasteiger partial charge on any atom is 0.129 e. The molecule has 12 heavy (non-hydrogen) atoms. The zero-order valence-corrected chi connectivity index (χ0v) is 7.25. The van der Waals surface area contributed by atoms with Crippen molar-refractivity contribution in [3.63, 3.8) is 0 Å². The highest BCUT2D eigenvalue weighted by atomic mass is 15.0. The summed E-state index contributed by atoms with van der Waals surface area (Å²) in [5.41, 5.74) is 0.533. The summed E-state index contributed by atoms with van der Waals surface area (Å²) in [6, 6.07) is 1.89. The Bertz CT molecular complexity index is 254. The summed E-state index contributed by atoms with van der Waals surface area (Å²) in [5, 5.41) is 3.30. The van der Waals surface area contributed by atoms with Crippen molar-refractivity contribution in [2.24, 2.45) is 5.41 Å². The van der Waals surface area contributed by atoms with E-state index in [1.807, 2.05) is 6.07 Å². The molecule has 3 heteroatoms. The number of hydrogen-bond acceptors (Lipinski definition) is 3. The fourth-order valence-corrected chi connectivity index (χ4v) is 1.09. The van der Waals surface area contributed by atoms with E-state index >= 15 is 0 Å². The molecule has 1 saturated carbocycles. The summed E-state index contributed by atoms with van der Waals surface area (Å²) in [6.45, 7) is 3.32. The van der Waals surface area contributed by atoms with E-state index in [4.69, 9.17) is 0 Å². The van der Waals surface area contributed by atoms with Crippen molar-refractivity contribution in [2.75, 3.05) is 11.9 Å². The van der Waals surface area contributed by atoms with Crippen LogP contribution in [0.3, 0.4) is 0 Å². The van der Waals surface area contributed by atoms with Crippen molar-refractivity contribution < 1.29 is 0 Å². The van der Waals surface area contributed by atoms with Crippen LogP contribution in [0.15, 0.2) is 18.6 Å². The SMILES string of the molecule is CC1(CNc2ccncn2)CC1. The number of aromatic nitrogens is 2. The summed E-state index contributed by atoms with van der Waals surface area (Å²) in [5.74, 6) is 0.929. The molecule has 2 rings (SSSR count). The van der Waals surface area contributed by atoms with E-state index in [9.17, 15) is 0 Å². The third-order valence-corrected chi connectivity index (χ3v) is 2.38. The van der Waals surface area contributed by atoms with E-state index < -0.39 is 0 Å². The number of rotatable bonds is 3. The van der Waals surface area contributed by atoms with Gasteiger partial charge in [-0.1, -0.05) is 6.92 Å². The summed E-state index contributed by atoms with van der Waals surface area (Å²) in [6.07, 6.45) is 6.00. The molecule has 0 bridgehead atoms. The largest absolute Gasteiger partial charge is 0.369 e. The highest BCUT2D eigenvalue weighted by Crippen LogP contribution is 2.44. The highest BCUT2D eigenvalue weighted by molar-refractivity contribution is 5.32. The molecule has 0 spiro atoms. The van der Waals surface area contributed by atoms with Gasteiger partial charge in [-0.15, -0.1) is 0 Å². The van der Waals surface area contributed by atoms with Gasteiger partial charge < -0.3 is 5.32 Å². The van der Waals surface area contributed by atoms with Crippen molar-refractivity contribution in [1.82, 2.24) is 9.97 Å². The van der Waals surface area contributed by atoms with Gasteiger partial charge in [-0.3, -0.25) is 0 Å². The minimum absolute atomic E-state index is 0.533. The van der Waals surface area contributed by atoms with Gasteiger partial charge in [-0.25, -0.2) is 9.97 Å². The Balaban J connectivity index is 1.88. The van der Waals surface area contributed by atoms with E-state index in [2.05, 4.69) is 22.2 Å². The van der Waals surface area contributed by atoms with E-state index in [0.29, 0.717) is 5.41 Å².